The van der Waals surface area contributed by atoms with E-state index in [4.69, 9.17) is 34.8 Å². The Hall–Kier alpha value is -0.250. The number of alkyl halides is 1. The number of fused-ring (bicyclic) bond motifs is 1. The molecule has 102 valence electrons. The molecular formula is C15H8BrCl3S. The lowest BCUT2D eigenvalue weighted by molar-refractivity contribution is 1.17. The van der Waals surface area contributed by atoms with Gasteiger partial charge >= 0.3 is 0 Å². The number of benzene rings is 2. The highest BCUT2D eigenvalue weighted by molar-refractivity contribution is 9.10. The van der Waals surface area contributed by atoms with Crippen molar-refractivity contribution in [3.05, 3.63) is 67.4 Å². The number of halogens is 4. The van der Waals surface area contributed by atoms with E-state index >= 15 is 0 Å². The standard InChI is InChI=1S/C15H8BrCl3S/c16-12-3-1-2-9-11(7-20-15(9)12)14(19)10-5-4-8(17)6-13(10)18/h1-7,14H. The van der Waals surface area contributed by atoms with E-state index in [-0.39, 0.29) is 5.38 Å². The summed E-state index contributed by atoms with van der Waals surface area (Å²) >= 11 is 24.0. The van der Waals surface area contributed by atoms with Crippen molar-refractivity contribution in [1.82, 2.24) is 0 Å². The summed E-state index contributed by atoms with van der Waals surface area (Å²) in [6.07, 6.45) is 0. The molecule has 0 radical (unpaired) electrons. The molecule has 0 aliphatic carbocycles. The van der Waals surface area contributed by atoms with Gasteiger partial charge in [0.2, 0.25) is 0 Å². The fraction of sp³-hybridized carbons (Fsp3) is 0.0667. The number of hydrogen-bond acceptors (Lipinski definition) is 1. The zero-order chi connectivity index (χ0) is 14.3. The Morgan fingerprint density at radius 3 is 2.60 bits per heavy atom. The minimum atomic E-state index is -0.289. The van der Waals surface area contributed by atoms with Gasteiger partial charge in [-0.15, -0.1) is 22.9 Å². The molecule has 1 atom stereocenters. The van der Waals surface area contributed by atoms with E-state index < -0.39 is 0 Å². The molecule has 20 heavy (non-hydrogen) atoms. The Labute approximate surface area is 144 Å². The van der Waals surface area contributed by atoms with Crippen LogP contribution in [-0.2, 0) is 0 Å². The van der Waals surface area contributed by atoms with Crippen LogP contribution in [-0.4, -0.2) is 0 Å². The molecule has 2 aromatic carbocycles. The van der Waals surface area contributed by atoms with Gasteiger partial charge in [-0.2, -0.15) is 0 Å². The Balaban J connectivity index is 2.13. The summed E-state index contributed by atoms with van der Waals surface area (Å²) in [4.78, 5) is 0. The maximum Gasteiger partial charge on any atom is 0.0863 e. The van der Waals surface area contributed by atoms with Gasteiger partial charge in [0.15, 0.2) is 0 Å². The van der Waals surface area contributed by atoms with Gasteiger partial charge in [0.1, 0.15) is 0 Å². The van der Waals surface area contributed by atoms with Crippen molar-refractivity contribution in [2.24, 2.45) is 0 Å². The first-order valence-electron chi connectivity index (χ1n) is 5.82. The van der Waals surface area contributed by atoms with Crippen LogP contribution in [0.2, 0.25) is 10.0 Å². The Bertz CT molecular complexity index is 782. The second-order valence-corrected chi connectivity index (χ2v) is 7.35. The smallest absolute Gasteiger partial charge is 0.0863 e. The molecule has 0 fully saturated rings. The van der Waals surface area contributed by atoms with Crippen LogP contribution in [0.4, 0.5) is 0 Å². The van der Waals surface area contributed by atoms with Crippen molar-refractivity contribution in [2.45, 2.75) is 5.38 Å². The zero-order valence-electron chi connectivity index (χ0n) is 10.0. The van der Waals surface area contributed by atoms with Crippen molar-refractivity contribution in [3.63, 3.8) is 0 Å². The van der Waals surface area contributed by atoms with E-state index in [1.807, 2.05) is 24.3 Å². The molecule has 0 nitrogen and oxygen atoms in total. The second-order valence-electron chi connectivity index (χ2n) is 4.34. The van der Waals surface area contributed by atoms with E-state index in [1.54, 1.807) is 17.4 Å². The molecule has 1 aromatic heterocycles. The number of rotatable bonds is 2. The first kappa shape index (κ1) is 14.7. The fourth-order valence-corrected chi connectivity index (χ4v) is 4.78. The van der Waals surface area contributed by atoms with Gasteiger partial charge in [-0.3, -0.25) is 0 Å². The molecule has 0 saturated carbocycles. The summed E-state index contributed by atoms with van der Waals surface area (Å²) < 4.78 is 2.27. The molecule has 3 aromatic rings. The van der Waals surface area contributed by atoms with Gasteiger partial charge in [0.05, 0.1) is 5.38 Å². The number of hydrogen-bond donors (Lipinski definition) is 0. The van der Waals surface area contributed by atoms with Crippen LogP contribution in [0.25, 0.3) is 10.1 Å². The van der Waals surface area contributed by atoms with Crippen molar-refractivity contribution in [3.8, 4) is 0 Å². The Kier molecular flexibility index (Phi) is 4.30. The lowest BCUT2D eigenvalue weighted by Gasteiger charge is -2.11. The second kappa shape index (κ2) is 5.86. The molecule has 0 N–H and O–H groups in total. The van der Waals surface area contributed by atoms with Crippen molar-refractivity contribution in [1.29, 1.82) is 0 Å². The molecule has 5 heteroatoms. The van der Waals surface area contributed by atoms with Gasteiger partial charge < -0.3 is 0 Å². The predicted molar refractivity (Wildman–Crippen MR) is 93.7 cm³/mol. The third kappa shape index (κ3) is 2.60. The van der Waals surface area contributed by atoms with Gasteiger partial charge in [-0.25, -0.2) is 0 Å². The highest BCUT2D eigenvalue weighted by atomic mass is 79.9. The van der Waals surface area contributed by atoms with Crippen LogP contribution in [0, 0.1) is 0 Å². The molecule has 1 heterocycles. The normalized spacial score (nSPS) is 12.8. The van der Waals surface area contributed by atoms with E-state index in [2.05, 4.69) is 27.4 Å². The van der Waals surface area contributed by atoms with Crippen molar-refractivity contribution < 1.29 is 0 Å². The minimum absolute atomic E-state index is 0.289. The molecule has 3 rings (SSSR count). The lowest BCUT2D eigenvalue weighted by atomic mass is 10.0. The maximum atomic E-state index is 6.63. The summed E-state index contributed by atoms with van der Waals surface area (Å²) in [5.41, 5.74) is 1.94. The quantitative estimate of drug-likeness (QED) is 0.392. The van der Waals surface area contributed by atoms with E-state index in [1.165, 1.54) is 4.70 Å². The fourth-order valence-electron chi connectivity index (χ4n) is 2.11. The third-order valence-corrected chi connectivity index (χ3v) is 6.09. The molecule has 0 amide bonds. The molecule has 0 spiro atoms. The lowest BCUT2D eigenvalue weighted by Crippen LogP contribution is -1.93. The zero-order valence-corrected chi connectivity index (χ0v) is 14.7. The molecule has 0 bridgehead atoms. The average Bonchev–Trinajstić information content (AvgIpc) is 2.83. The highest BCUT2D eigenvalue weighted by Gasteiger charge is 2.18. The highest BCUT2D eigenvalue weighted by Crippen LogP contribution is 2.42. The van der Waals surface area contributed by atoms with Gasteiger partial charge in [0.25, 0.3) is 0 Å². The summed E-state index contributed by atoms with van der Waals surface area (Å²) in [7, 11) is 0. The molecule has 1 unspecified atom stereocenters. The summed E-state index contributed by atoms with van der Waals surface area (Å²) in [6, 6.07) is 11.5. The summed E-state index contributed by atoms with van der Waals surface area (Å²) in [6.45, 7) is 0. The van der Waals surface area contributed by atoms with Crippen LogP contribution < -0.4 is 0 Å². The van der Waals surface area contributed by atoms with Crippen LogP contribution in [0.3, 0.4) is 0 Å². The third-order valence-electron chi connectivity index (χ3n) is 3.09. The van der Waals surface area contributed by atoms with Crippen LogP contribution >= 0.6 is 62.1 Å². The summed E-state index contributed by atoms with van der Waals surface area (Å²) in [5, 5.41) is 4.14. The minimum Gasteiger partial charge on any atom is -0.142 e. The largest absolute Gasteiger partial charge is 0.142 e. The van der Waals surface area contributed by atoms with Gasteiger partial charge in [-0.05, 0) is 56.0 Å². The maximum absolute atomic E-state index is 6.63. The average molecular weight is 407 g/mol. The molecule has 0 aliphatic heterocycles. The SMILES string of the molecule is Clc1ccc(C(Cl)c2csc3c(Br)cccc23)c(Cl)c1. The van der Waals surface area contributed by atoms with E-state index in [0.29, 0.717) is 10.0 Å². The van der Waals surface area contributed by atoms with Crippen LogP contribution in [0.5, 0.6) is 0 Å². The Morgan fingerprint density at radius 1 is 1.05 bits per heavy atom. The Morgan fingerprint density at radius 2 is 1.85 bits per heavy atom. The number of thiophene rings is 1. The van der Waals surface area contributed by atoms with Gasteiger partial charge in [-0.1, -0.05) is 41.4 Å². The first-order chi connectivity index (χ1) is 9.58. The van der Waals surface area contributed by atoms with E-state index in [9.17, 15) is 0 Å². The topological polar surface area (TPSA) is 0 Å². The van der Waals surface area contributed by atoms with Crippen LogP contribution in [0.1, 0.15) is 16.5 Å². The molecule has 0 aliphatic rings. The molecular weight excluding hydrogens is 398 g/mol. The summed E-state index contributed by atoms with van der Waals surface area (Å²) in [5.74, 6) is 0. The monoisotopic (exact) mass is 404 g/mol. The van der Waals surface area contributed by atoms with E-state index in [0.717, 1.165) is 21.0 Å². The van der Waals surface area contributed by atoms with Crippen molar-refractivity contribution >= 4 is 72.2 Å². The predicted octanol–water partition coefficient (Wildman–Crippen LogP) is 7.30. The molecule has 0 saturated heterocycles. The van der Waals surface area contributed by atoms with Crippen molar-refractivity contribution in [2.75, 3.05) is 0 Å². The van der Waals surface area contributed by atoms with Gasteiger partial charge in [0, 0.05) is 19.2 Å². The first-order valence-corrected chi connectivity index (χ1v) is 8.69. The van der Waals surface area contributed by atoms with Crippen LogP contribution in [0.15, 0.2) is 46.3 Å².